The predicted molar refractivity (Wildman–Crippen MR) is 72.0 cm³/mol. The fourth-order valence-electron chi connectivity index (χ4n) is 2.31. The number of benzene rings is 1. The Morgan fingerprint density at radius 2 is 1.81 bits per heavy atom. The van der Waals surface area contributed by atoms with Crippen LogP contribution in [-0.2, 0) is 12.8 Å². The Kier molecular flexibility index (Phi) is 5.01. The minimum Gasteiger partial charge on any atom is -0.306 e. The molecule has 1 aromatic carbocycles. The summed E-state index contributed by atoms with van der Waals surface area (Å²) in [6.45, 7) is 6.18. The zero-order valence-electron chi connectivity index (χ0n) is 11.4. The van der Waals surface area contributed by atoms with Gasteiger partial charge in [0, 0.05) is 6.04 Å². The van der Waals surface area contributed by atoms with Crippen molar-refractivity contribution in [1.29, 1.82) is 0 Å². The molecule has 0 heterocycles. The van der Waals surface area contributed by atoms with E-state index in [2.05, 4.69) is 44.1 Å². The van der Waals surface area contributed by atoms with Gasteiger partial charge in [0.05, 0.1) is 0 Å². The van der Waals surface area contributed by atoms with Crippen LogP contribution in [0.1, 0.15) is 37.0 Å². The van der Waals surface area contributed by atoms with Gasteiger partial charge in [-0.2, -0.15) is 0 Å². The van der Waals surface area contributed by atoms with Gasteiger partial charge in [0.15, 0.2) is 0 Å². The molecular formula is C15H25N. The molecule has 0 aromatic heterocycles. The van der Waals surface area contributed by atoms with E-state index < -0.39 is 0 Å². The molecule has 1 aliphatic carbocycles. The van der Waals surface area contributed by atoms with Crippen molar-refractivity contribution < 1.29 is 0 Å². The topological polar surface area (TPSA) is 3.24 Å². The van der Waals surface area contributed by atoms with Crippen LogP contribution in [0.3, 0.4) is 0 Å². The Bertz CT molecular complexity index is 328. The van der Waals surface area contributed by atoms with Gasteiger partial charge in [-0.1, -0.05) is 37.6 Å². The third-order valence-corrected chi connectivity index (χ3v) is 3.29. The van der Waals surface area contributed by atoms with Gasteiger partial charge in [-0.05, 0) is 51.4 Å². The molecule has 1 unspecified atom stereocenters. The molecule has 0 saturated heterocycles. The SMILES string of the molecule is CC.Cc1ccc2c(c1)CCC(N(C)C)C2. The average molecular weight is 219 g/mol. The third-order valence-electron chi connectivity index (χ3n) is 3.29. The normalized spacial score (nSPS) is 18.8. The van der Waals surface area contributed by atoms with E-state index in [-0.39, 0.29) is 0 Å². The lowest BCUT2D eigenvalue weighted by atomic mass is 9.87. The van der Waals surface area contributed by atoms with Crippen LogP contribution < -0.4 is 0 Å². The first-order chi connectivity index (χ1) is 7.66. The van der Waals surface area contributed by atoms with E-state index in [1.165, 1.54) is 24.8 Å². The van der Waals surface area contributed by atoms with Crippen LogP contribution in [0.15, 0.2) is 18.2 Å². The second kappa shape index (κ2) is 6.05. The van der Waals surface area contributed by atoms with Gasteiger partial charge in [0.1, 0.15) is 0 Å². The predicted octanol–water partition coefficient (Wildman–Crippen LogP) is 3.44. The smallest absolute Gasteiger partial charge is 0.0133 e. The van der Waals surface area contributed by atoms with Crippen molar-refractivity contribution in [2.75, 3.05) is 14.1 Å². The number of rotatable bonds is 1. The lowest BCUT2D eigenvalue weighted by Gasteiger charge is -2.30. The van der Waals surface area contributed by atoms with E-state index in [1.54, 1.807) is 11.1 Å². The maximum Gasteiger partial charge on any atom is 0.0133 e. The Morgan fingerprint density at radius 3 is 2.44 bits per heavy atom. The molecule has 2 rings (SSSR count). The number of likely N-dealkylation sites (N-methyl/N-ethyl adjacent to an activating group) is 1. The highest BCUT2D eigenvalue weighted by Crippen LogP contribution is 2.24. The Hall–Kier alpha value is -0.820. The summed E-state index contributed by atoms with van der Waals surface area (Å²) in [6, 6.07) is 7.63. The molecule has 16 heavy (non-hydrogen) atoms. The van der Waals surface area contributed by atoms with E-state index in [0.717, 1.165) is 6.04 Å². The van der Waals surface area contributed by atoms with Crippen molar-refractivity contribution in [3.05, 3.63) is 34.9 Å². The van der Waals surface area contributed by atoms with Crippen molar-refractivity contribution in [2.24, 2.45) is 0 Å². The van der Waals surface area contributed by atoms with Crippen molar-refractivity contribution >= 4 is 0 Å². The van der Waals surface area contributed by atoms with Crippen molar-refractivity contribution in [2.45, 2.75) is 46.1 Å². The summed E-state index contributed by atoms with van der Waals surface area (Å²) in [5.41, 5.74) is 4.52. The van der Waals surface area contributed by atoms with Crippen LogP contribution in [0, 0.1) is 6.92 Å². The fraction of sp³-hybridized carbons (Fsp3) is 0.600. The molecule has 0 bridgehead atoms. The molecule has 90 valence electrons. The molecule has 1 atom stereocenters. The number of hydrogen-bond donors (Lipinski definition) is 0. The zero-order valence-corrected chi connectivity index (χ0v) is 11.4. The number of aryl methyl sites for hydroxylation is 2. The largest absolute Gasteiger partial charge is 0.306 e. The quantitative estimate of drug-likeness (QED) is 0.699. The van der Waals surface area contributed by atoms with Crippen LogP contribution >= 0.6 is 0 Å². The standard InChI is InChI=1S/C13H19N.C2H6/c1-10-4-5-12-9-13(14(2)3)7-6-11(12)8-10;1-2/h4-5,8,13H,6-7,9H2,1-3H3;1-2H3. The Morgan fingerprint density at radius 1 is 1.12 bits per heavy atom. The van der Waals surface area contributed by atoms with Gasteiger partial charge < -0.3 is 4.90 Å². The minimum atomic E-state index is 0.741. The molecule has 1 aromatic rings. The van der Waals surface area contributed by atoms with Gasteiger partial charge >= 0.3 is 0 Å². The van der Waals surface area contributed by atoms with Crippen LogP contribution in [0.4, 0.5) is 0 Å². The molecule has 0 saturated carbocycles. The first-order valence-electron chi connectivity index (χ1n) is 6.41. The number of fused-ring (bicyclic) bond motifs is 1. The monoisotopic (exact) mass is 219 g/mol. The summed E-state index contributed by atoms with van der Waals surface area (Å²) in [7, 11) is 4.37. The molecule has 0 aliphatic heterocycles. The summed E-state index contributed by atoms with van der Waals surface area (Å²) in [4.78, 5) is 2.35. The highest BCUT2D eigenvalue weighted by Gasteiger charge is 2.19. The Balaban J connectivity index is 0.000000606. The molecular weight excluding hydrogens is 194 g/mol. The zero-order chi connectivity index (χ0) is 12.1. The summed E-state index contributed by atoms with van der Waals surface area (Å²) in [6.07, 6.45) is 3.78. The van der Waals surface area contributed by atoms with E-state index >= 15 is 0 Å². The van der Waals surface area contributed by atoms with Crippen LogP contribution in [-0.4, -0.2) is 25.0 Å². The molecule has 0 amide bonds. The van der Waals surface area contributed by atoms with Gasteiger partial charge in [-0.15, -0.1) is 0 Å². The minimum absolute atomic E-state index is 0.741. The maximum absolute atomic E-state index is 2.35. The molecule has 0 radical (unpaired) electrons. The van der Waals surface area contributed by atoms with Gasteiger partial charge in [-0.25, -0.2) is 0 Å². The fourth-order valence-corrected chi connectivity index (χ4v) is 2.31. The van der Waals surface area contributed by atoms with Crippen LogP contribution in [0.2, 0.25) is 0 Å². The van der Waals surface area contributed by atoms with Crippen molar-refractivity contribution in [3.8, 4) is 0 Å². The van der Waals surface area contributed by atoms with Crippen LogP contribution in [0.25, 0.3) is 0 Å². The summed E-state index contributed by atoms with van der Waals surface area (Å²) >= 11 is 0. The van der Waals surface area contributed by atoms with Gasteiger partial charge in [0.2, 0.25) is 0 Å². The lowest BCUT2D eigenvalue weighted by Crippen LogP contribution is -2.33. The maximum atomic E-state index is 2.35. The van der Waals surface area contributed by atoms with Gasteiger partial charge in [-0.3, -0.25) is 0 Å². The van der Waals surface area contributed by atoms with Crippen molar-refractivity contribution in [3.63, 3.8) is 0 Å². The second-order valence-corrected chi connectivity index (χ2v) is 4.63. The van der Waals surface area contributed by atoms with E-state index in [1.807, 2.05) is 13.8 Å². The third kappa shape index (κ3) is 3.08. The summed E-state index contributed by atoms with van der Waals surface area (Å²) in [5, 5.41) is 0. The van der Waals surface area contributed by atoms with Crippen LogP contribution in [0.5, 0.6) is 0 Å². The average Bonchev–Trinajstić information content (AvgIpc) is 2.30. The number of nitrogens with zero attached hydrogens (tertiary/aromatic N) is 1. The number of hydrogen-bond acceptors (Lipinski definition) is 1. The highest BCUT2D eigenvalue weighted by molar-refractivity contribution is 5.34. The molecule has 0 N–H and O–H groups in total. The van der Waals surface area contributed by atoms with Crippen molar-refractivity contribution in [1.82, 2.24) is 4.90 Å². The first-order valence-corrected chi connectivity index (χ1v) is 6.41. The summed E-state index contributed by atoms with van der Waals surface area (Å²) in [5.74, 6) is 0. The molecule has 1 aliphatic rings. The Labute approximate surface area is 100 Å². The molecule has 1 heteroatoms. The molecule has 0 fully saturated rings. The summed E-state index contributed by atoms with van der Waals surface area (Å²) < 4.78 is 0. The van der Waals surface area contributed by atoms with Gasteiger partial charge in [0.25, 0.3) is 0 Å². The highest BCUT2D eigenvalue weighted by atomic mass is 15.1. The van der Waals surface area contributed by atoms with E-state index in [9.17, 15) is 0 Å². The second-order valence-electron chi connectivity index (χ2n) is 4.63. The van der Waals surface area contributed by atoms with E-state index in [4.69, 9.17) is 0 Å². The molecule has 1 nitrogen and oxygen atoms in total. The lowest BCUT2D eigenvalue weighted by molar-refractivity contribution is 0.268. The first kappa shape index (κ1) is 13.2. The molecule has 0 spiro atoms. The van der Waals surface area contributed by atoms with E-state index in [0.29, 0.717) is 0 Å².